The number of carbonyl (C=O) groups is 2. The van der Waals surface area contributed by atoms with Gasteiger partial charge in [-0.05, 0) is 55.0 Å². The zero-order valence-electron chi connectivity index (χ0n) is 27.8. The number of rotatable bonds is 17. The first-order chi connectivity index (χ1) is 23.9. The Morgan fingerprint density at radius 2 is 1.29 bits per heavy atom. The Labute approximate surface area is 304 Å². The minimum Gasteiger partial charge on any atom is -0.350 e. The molecule has 3 aromatic rings. The molecule has 1 unspecified atom stereocenters. The summed E-state index contributed by atoms with van der Waals surface area (Å²) < 4.78 is 131. The summed E-state index contributed by atoms with van der Waals surface area (Å²) in [6, 6.07) is 6.26. The molecular weight excluding hydrogens is 789 g/mol. The summed E-state index contributed by atoms with van der Waals surface area (Å²) >= 11 is 1.29. The molecular formula is C29H37N4O14S5+. The first-order valence-electron chi connectivity index (χ1n) is 15.4. The highest BCUT2D eigenvalue weighted by Crippen LogP contribution is 2.50. The smallest absolute Gasteiger partial charge is 0.269 e. The first kappa shape index (κ1) is 41.3. The van der Waals surface area contributed by atoms with Gasteiger partial charge >= 0.3 is 0 Å². The topological polar surface area (TPSA) is 292 Å². The fraction of sp³-hybridized carbons (Fsp3) is 0.448. The molecule has 1 aliphatic rings. The number of fused-ring (bicyclic) bond motifs is 3. The number of amides is 2. The van der Waals surface area contributed by atoms with Crippen molar-refractivity contribution >= 4 is 85.1 Å². The van der Waals surface area contributed by atoms with E-state index in [9.17, 15) is 52.4 Å². The number of nitrogens with zero attached hydrogens (tertiary/aromatic N) is 2. The molecule has 6 N–H and O–H groups in total. The number of hydrogen-bond donors (Lipinski definition) is 6. The molecule has 2 aromatic heterocycles. The maximum atomic E-state index is 13.2. The summed E-state index contributed by atoms with van der Waals surface area (Å²) in [5.74, 6) is -4.49. The highest BCUT2D eigenvalue weighted by atomic mass is 32.2. The molecule has 1 aromatic carbocycles. The molecule has 1 atom stereocenters. The quantitative estimate of drug-likeness (QED) is 0.0831. The molecule has 4 rings (SSSR count). The van der Waals surface area contributed by atoms with Crippen LogP contribution in [-0.2, 0) is 45.9 Å². The summed E-state index contributed by atoms with van der Waals surface area (Å²) in [5, 5.41) is 7.07. The van der Waals surface area contributed by atoms with Gasteiger partial charge in [-0.25, -0.2) is 4.98 Å². The van der Waals surface area contributed by atoms with E-state index in [4.69, 9.17) is 9.11 Å². The van der Waals surface area contributed by atoms with Crippen molar-refractivity contribution in [3.8, 4) is 11.1 Å². The van der Waals surface area contributed by atoms with Crippen LogP contribution >= 0.6 is 11.3 Å². The number of pyridine rings is 1. The van der Waals surface area contributed by atoms with Crippen LogP contribution in [0.15, 0.2) is 29.6 Å². The zero-order chi connectivity index (χ0) is 38.9. The highest BCUT2D eigenvalue weighted by molar-refractivity contribution is 7.86. The van der Waals surface area contributed by atoms with Crippen LogP contribution < -0.4 is 10.6 Å². The number of carbonyl (C=O) groups excluding carboxylic acids is 2. The Balaban J connectivity index is 1.89. The largest absolute Gasteiger partial charge is 0.350 e. The van der Waals surface area contributed by atoms with E-state index in [1.54, 1.807) is 18.4 Å². The zero-order valence-corrected chi connectivity index (χ0v) is 31.8. The average Bonchev–Trinajstić information content (AvgIpc) is 3.56. The van der Waals surface area contributed by atoms with Crippen molar-refractivity contribution in [1.29, 1.82) is 0 Å². The number of nitrogens with one attached hydrogen (secondary N) is 2. The standard InChI is InChI=1S/C29H36N4O14S5/c1-18-29(2,6-3-11-49(36,37)38)22-17-21(26-20(5-10-48-26)25(22)33(18)9-4-12-50(39,40)41)19-15-23(27(34)30-7-13-51(42,43)44)32-24(16-19)28(35)31-8-14-52(45,46)47/h5,10,15-17H,3-4,6-9,11-14H2,1-2H3,(H5-,30,31,34,35,36,37,38,39,40,41,42,43,44,45,46,47)/p+1. The second-order valence-electron chi connectivity index (χ2n) is 12.3. The van der Waals surface area contributed by atoms with Crippen molar-refractivity contribution in [3.05, 3.63) is 46.6 Å². The molecule has 0 radical (unpaired) electrons. The lowest BCUT2D eigenvalue weighted by Crippen LogP contribution is -2.32. The summed E-state index contributed by atoms with van der Waals surface area (Å²) in [6.45, 7) is 2.81. The Morgan fingerprint density at radius 1 is 0.788 bits per heavy atom. The van der Waals surface area contributed by atoms with Crippen LogP contribution in [0.2, 0.25) is 0 Å². The molecule has 3 heterocycles. The molecule has 0 aliphatic carbocycles. The minimum atomic E-state index is -4.43. The summed E-state index contributed by atoms with van der Waals surface area (Å²) in [5.41, 5.74) is 1.26. The highest BCUT2D eigenvalue weighted by Gasteiger charge is 2.47. The lowest BCUT2D eigenvalue weighted by molar-refractivity contribution is -0.437. The molecule has 0 spiro atoms. The molecule has 18 nitrogen and oxygen atoms in total. The number of benzene rings is 1. The summed E-state index contributed by atoms with van der Waals surface area (Å²) in [7, 11) is -17.4. The van der Waals surface area contributed by atoms with Crippen molar-refractivity contribution in [2.45, 2.75) is 38.5 Å². The minimum absolute atomic E-state index is 0.0407. The van der Waals surface area contributed by atoms with E-state index < -0.39 is 93.8 Å². The first-order valence-corrected chi connectivity index (χ1v) is 22.8. The third kappa shape index (κ3) is 10.6. The molecule has 286 valence electrons. The summed E-state index contributed by atoms with van der Waals surface area (Å²) in [4.78, 5) is 30.4. The van der Waals surface area contributed by atoms with E-state index in [2.05, 4.69) is 15.6 Å². The monoisotopic (exact) mass is 825 g/mol. The predicted octanol–water partition coefficient (Wildman–Crippen LogP) is 1.52. The van der Waals surface area contributed by atoms with Crippen LogP contribution in [0.1, 0.15) is 59.7 Å². The second kappa shape index (κ2) is 15.5. The van der Waals surface area contributed by atoms with E-state index >= 15 is 0 Å². The SMILES string of the molecule is CC1=[N+](CCCS(=O)(=O)O)c2c(cc(-c3cc(C(=O)NCCS(=O)(=O)O)nc(C(=O)NCCS(=O)(=O)O)c3)c3sccc23)C1(C)CCCS(=O)(=O)O. The lowest BCUT2D eigenvalue weighted by Gasteiger charge is -2.23. The van der Waals surface area contributed by atoms with Gasteiger partial charge in [0.15, 0.2) is 5.71 Å². The van der Waals surface area contributed by atoms with Crippen molar-refractivity contribution in [1.82, 2.24) is 15.6 Å². The Kier molecular flexibility index (Phi) is 12.3. The molecule has 0 saturated heterocycles. The van der Waals surface area contributed by atoms with E-state index in [1.807, 2.05) is 17.6 Å². The maximum Gasteiger partial charge on any atom is 0.269 e. The average molecular weight is 826 g/mol. The lowest BCUT2D eigenvalue weighted by atomic mass is 9.75. The van der Waals surface area contributed by atoms with Gasteiger partial charge in [0, 0.05) is 42.3 Å². The van der Waals surface area contributed by atoms with E-state index in [0.29, 0.717) is 26.9 Å². The van der Waals surface area contributed by atoms with Crippen LogP contribution in [0, 0.1) is 0 Å². The number of hydrogen-bond acceptors (Lipinski definition) is 12. The van der Waals surface area contributed by atoms with Crippen molar-refractivity contribution in [2.24, 2.45) is 0 Å². The van der Waals surface area contributed by atoms with Gasteiger partial charge in [0.1, 0.15) is 17.9 Å². The van der Waals surface area contributed by atoms with Crippen LogP contribution in [0.25, 0.3) is 21.2 Å². The predicted molar refractivity (Wildman–Crippen MR) is 192 cm³/mol. The maximum absolute atomic E-state index is 13.2. The van der Waals surface area contributed by atoms with E-state index in [0.717, 1.165) is 5.71 Å². The fourth-order valence-corrected chi connectivity index (χ4v) is 8.67. The van der Waals surface area contributed by atoms with Crippen LogP contribution in [0.3, 0.4) is 0 Å². The molecule has 2 amide bonds. The molecule has 0 bridgehead atoms. The normalized spacial score (nSPS) is 16.7. The van der Waals surface area contributed by atoms with E-state index in [1.165, 1.54) is 23.5 Å². The van der Waals surface area contributed by atoms with Gasteiger partial charge in [-0.15, -0.1) is 11.3 Å². The van der Waals surface area contributed by atoms with Gasteiger partial charge in [0.2, 0.25) is 5.69 Å². The number of aromatic nitrogens is 1. The van der Waals surface area contributed by atoms with Crippen molar-refractivity contribution < 1.29 is 66.0 Å². The molecule has 23 heteroatoms. The molecule has 52 heavy (non-hydrogen) atoms. The Bertz CT molecular complexity index is 2320. The molecule has 0 fully saturated rings. The third-order valence-corrected chi connectivity index (χ3v) is 12.5. The summed E-state index contributed by atoms with van der Waals surface area (Å²) in [6.07, 6.45) is 0.300. The van der Waals surface area contributed by atoms with Crippen LogP contribution in [-0.4, -0.2) is 122 Å². The third-order valence-electron chi connectivity index (χ3n) is 8.53. The number of thiophene rings is 1. The van der Waals surface area contributed by atoms with Crippen LogP contribution in [0.4, 0.5) is 5.69 Å². The van der Waals surface area contributed by atoms with E-state index in [-0.39, 0.29) is 42.8 Å². The van der Waals surface area contributed by atoms with Gasteiger partial charge in [0.25, 0.3) is 52.3 Å². The van der Waals surface area contributed by atoms with Gasteiger partial charge in [-0.3, -0.25) is 27.8 Å². The Hall–Kier alpha value is -3.42. The molecule has 1 aliphatic heterocycles. The van der Waals surface area contributed by atoms with Gasteiger partial charge in [0.05, 0.1) is 33.8 Å². The Morgan fingerprint density at radius 3 is 1.79 bits per heavy atom. The van der Waals surface area contributed by atoms with Gasteiger partial charge < -0.3 is 10.6 Å². The fourth-order valence-electron chi connectivity index (χ4n) is 6.01. The van der Waals surface area contributed by atoms with Gasteiger partial charge in [-0.2, -0.15) is 38.2 Å². The van der Waals surface area contributed by atoms with Gasteiger partial charge in [-0.1, -0.05) is 0 Å². The van der Waals surface area contributed by atoms with Crippen LogP contribution in [0.5, 0.6) is 0 Å². The van der Waals surface area contributed by atoms with Crippen molar-refractivity contribution in [2.75, 3.05) is 42.6 Å². The second-order valence-corrected chi connectivity index (χ2v) is 19.5. The molecule has 0 saturated carbocycles. The van der Waals surface area contributed by atoms with Crippen molar-refractivity contribution in [3.63, 3.8) is 0 Å².